The minimum atomic E-state index is -0.0354. The highest BCUT2D eigenvalue weighted by atomic mass is 32.2. The third-order valence-electron chi connectivity index (χ3n) is 2.65. The maximum Gasteiger partial charge on any atom is 0.251 e. The molecule has 0 saturated carbocycles. The lowest BCUT2D eigenvalue weighted by atomic mass is 10.0. The fourth-order valence-electron chi connectivity index (χ4n) is 1.72. The zero-order chi connectivity index (χ0) is 13.9. The van der Waals surface area contributed by atoms with E-state index in [1.807, 2.05) is 24.3 Å². The average molecular weight is 282 g/mol. The summed E-state index contributed by atoms with van der Waals surface area (Å²) in [6, 6.07) is 7.56. The fraction of sp³-hybridized carbons (Fsp3) is 0.500. The van der Waals surface area contributed by atoms with Crippen LogP contribution in [0.3, 0.4) is 0 Å². The molecule has 0 atom stereocenters. The molecule has 4 nitrogen and oxygen atoms in total. The zero-order valence-corrected chi connectivity index (χ0v) is 11.9. The molecule has 5 heteroatoms. The number of rotatable bonds is 9. The summed E-state index contributed by atoms with van der Waals surface area (Å²) in [5, 5.41) is 11.6. The van der Waals surface area contributed by atoms with Gasteiger partial charge in [0.1, 0.15) is 0 Å². The molecule has 0 aliphatic rings. The molecule has 0 radical (unpaired) electrons. The maximum atomic E-state index is 12.0. The summed E-state index contributed by atoms with van der Waals surface area (Å²) in [6.07, 6.45) is 1.52. The average Bonchev–Trinajstić information content (AvgIpc) is 2.43. The molecular weight excluding hydrogens is 260 g/mol. The Morgan fingerprint density at radius 3 is 2.84 bits per heavy atom. The smallest absolute Gasteiger partial charge is 0.251 e. The Kier molecular flexibility index (Phi) is 8.29. The van der Waals surface area contributed by atoms with Crippen LogP contribution in [0.15, 0.2) is 24.3 Å². The van der Waals surface area contributed by atoms with Gasteiger partial charge in [0, 0.05) is 24.5 Å². The van der Waals surface area contributed by atoms with E-state index >= 15 is 0 Å². The predicted octanol–water partition coefficient (Wildman–Crippen LogP) is 1.03. The number of nitrogens with one attached hydrogen (secondary N) is 1. The standard InChI is InChI=1S/C14H22N2O2S/c15-7-6-12-4-1-2-5-13(12)14(18)16-8-11-19-10-3-9-17/h1-2,4-5,17H,3,6-11,15H2,(H,16,18). The summed E-state index contributed by atoms with van der Waals surface area (Å²) < 4.78 is 0. The number of aliphatic hydroxyl groups is 1. The Bertz CT molecular complexity index is 385. The van der Waals surface area contributed by atoms with Crippen LogP contribution in [0.1, 0.15) is 22.3 Å². The summed E-state index contributed by atoms with van der Waals surface area (Å²) in [4.78, 5) is 12.0. The number of carbonyl (C=O) groups excluding carboxylic acids is 1. The minimum Gasteiger partial charge on any atom is -0.396 e. The third kappa shape index (κ3) is 6.09. The molecule has 0 bridgehead atoms. The lowest BCUT2D eigenvalue weighted by Crippen LogP contribution is -2.27. The highest BCUT2D eigenvalue weighted by Crippen LogP contribution is 2.09. The van der Waals surface area contributed by atoms with Gasteiger partial charge >= 0.3 is 0 Å². The molecule has 0 aromatic heterocycles. The molecule has 1 aromatic carbocycles. The fourth-order valence-corrected chi connectivity index (χ4v) is 2.50. The highest BCUT2D eigenvalue weighted by molar-refractivity contribution is 7.99. The Balaban J connectivity index is 2.36. The molecule has 1 aromatic rings. The van der Waals surface area contributed by atoms with Crippen molar-refractivity contribution >= 4 is 17.7 Å². The molecule has 1 rings (SSSR count). The predicted molar refractivity (Wildman–Crippen MR) is 80.6 cm³/mol. The number of benzene rings is 1. The van der Waals surface area contributed by atoms with Crippen LogP contribution in [0, 0.1) is 0 Å². The Morgan fingerprint density at radius 1 is 1.32 bits per heavy atom. The Hall–Kier alpha value is -1.04. The summed E-state index contributed by atoms with van der Waals surface area (Å²) >= 11 is 1.73. The van der Waals surface area contributed by atoms with E-state index in [2.05, 4.69) is 5.32 Å². The first-order valence-corrected chi connectivity index (χ1v) is 7.70. The first-order valence-electron chi connectivity index (χ1n) is 6.54. The zero-order valence-electron chi connectivity index (χ0n) is 11.1. The second-order valence-electron chi connectivity index (χ2n) is 4.14. The molecule has 0 heterocycles. The van der Waals surface area contributed by atoms with Crippen molar-refractivity contribution in [3.8, 4) is 0 Å². The quantitative estimate of drug-likeness (QED) is 0.591. The largest absolute Gasteiger partial charge is 0.396 e. The normalized spacial score (nSPS) is 10.4. The van der Waals surface area contributed by atoms with Crippen LogP contribution >= 0.6 is 11.8 Å². The van der Waals surface area contributed by atoms with Gasteiger partial charge in [-0.2, -0.15) is 11.8 Å². The molecule has 4 N–H and O–H groups in total. The van der Waals surface area contributed by atoms with Crippen LogP contribution in [0.2, 0.25) is 0 Å². The van der Waals surface area contributed by atoms with Gasteiger partial charge in [-0.3, -0.25) is 4.79 Å². The van der Waals surface area contributed by atoms with Gasteiger partial charge in [-0.05, 0) is 36.8 Å². The number of carbonyl (C=O) groups is 1. The van der Waals surface area contributed by atoms with Crippen molar-refractivity contribution in [1.29, 1.82) is 0 Å². The number of hydrogen-bond acceptors (Lipinski definition) is 4. The molecule has 0 fully saturated rings. The summed E-state index contributed by atoms with van der Waals surface area (Å²) in [7, 11) is 0. The van der Waals surface area contributed by atoms with Gasteiger partial charge in [0.15, 0.2) is 0 Å². The van der Waals surface area contributed by atoms with E-state index in [0.29, 0.717) is 18.7 Å². The van der Waals surface area contributed by atoms with E-state index in [1.165, 1.54) is 0 Å². The van der Waals surface area contributed by atoms with Gasteiger partial charge in [-0.25, -0.2) is 0 Å². The van der Waals surface area contributed by atoms with Crippen molar-refractivity contribution in [1.82, 2.24) is 5.32 Å². The van der Waals surface area contributed by atoms with Crippen LogP contribution in [0.5, 0.6) is 0 Å². The molecule has 0 saturated heterocycles. The third-order valence-corrected chi connectivity index (χ3v) is 3.72. The molecule has 19 heavy (non-hydrogen) atoms. The lowest BCUT2D eigenvalue weighted by molar-refractivity contribution is 0.0955. The molecule has 0 aliphatic carbocycles. The number of thioether (sulfide) groups is 1. The first kappa shape index (κ1) is 16.0. The molecule has 0 aliphatic heterocycles. The van der Waals surface area contributed by atoms with Crippen molar-refractivity contribution < 1.29 is 9.90 Å². The van der Waals surface area contributed by atoms with Gasteiger partial charge in [0.2, 0.25) is 0 Å². The van der Waals surface area contributed by atoms with Gasteiger partial charge in [0.05, 0.1) is 0 Å². The van der Waals surface area contributed by atoms with E-state index in [-0.39, 0.29) is 12.5 Å². The van der Waals surface area contributed by atoms with Crippen LogP contribution in [0.4, 0.5) is 0 Å². The summed E-state index contributed by atoms with van der Waals surface area (Å²) in [5.74, 6) is 1.76. The molecule has 0 unspecified atom stereocenters. The van der Waals surface area contributed by atoms with Crippen molar-refractivity contribution in [3.05, 3.63) is 35.4 Å². The van der Waals surface area contributed by atoms with E-state index in [4.69, 9.17) is 10.8 Å². The second-order valence-corrected chi connectivity index (χ2v) is 5.37. The van der Waals surface area contributed by atoms with Crippen molar-refractivity contribution in [3.63, 3.8) is 0 Å². The van der Waals surface area contributed by atoms with Gasteiger partial charge < -0.3 is 16.2 Å². The van der Waals surface area contributed by atoms with Crippen LogP contribution in [0.25, 0.3) is 0 Å². The van der Waals surface area contributed by atoms with Crippen LogP contribution in [-0.2, 0) is 6.42 Å². The van der Waals surface area contributed by atoms with Crippen LogP contribution < -0.4 is 11.1 Å². The molecule has 106 valence electrons. The Labute approximate surface area is 118 Å². The molecule has 0 spiro atoms. The maximum absolute atomic E-state index is 12.0. The van der Waals surface area contributed by atoms with Crippen molar-refractivity contribution in [2.75, 3.05) is 31.2 Å². The number of nitrogens with two attached hydrogens (primary N) is 1. The van der Waals surface area contributed by atoms with Gasteiger partial charge in [-0.15, -0.1) is 0 Å². The van der Waals surface area contributed by atoms with E-state index < -0.39 is 0 Å². The lowest BCUT2D eigenvalue weighted by Gasteiger charge is -2.09. The topological polar surface area (TPSA) is 75.4 Å². The van der Waals surface area contributed by atoms with E-state index in [1.54, 1.807) is 11.8 Å². The number of hydrogen-bond donors (Lipinski definition) is 3. The summed E-state index contributed by atoms with van der Waals surface area (Å²) in [6.45, 7) is 1.42. The SMILES string of the molecule is NCCc1ccccc1C(=O)NCCSCCCO. The van der Waals surface area contributed by atoms with E-state index in [9.17, 15) is 4.79 Å². The highest BCUT2D eigenvalue weighted by Gasteiger charge is 2.09. The van der Waals surface area contributed by atoms with Crippen molar-refractivity contribution in [2.45, 2.75) is 12.8 Å². The summed E-state index contributed by atoms with van der Waals surface area (Å²) in [5.41, 5.74) is 7.25. The van der Waals surface area contributed by atoms with E-state index in [0.717, 1.165) is 29.9 Å². The monoisotopic (exact) mass is 282 g/mol. The minimum absolute atomic E-state index is 0.0354. The van der Waals surface area contributed by atoms with Gasteiger partial charge in [0.25, 0.3) is 5.91 Å². The van der Waals surface area contributed by atoms with Crippen LogP contribution in [-0.4, -0.2) is 42.2 Å². The first-order chi connectivity index (χ1) is 9.29. The Morgan fingerprint density at radius 2 is 2.11 bits per heavy atom. The molecule has 1 amide bonds. The number of amides is 1. The van der Waals surface area contributed by atoms with Gasteiger partial charge in [-0.1, -0.05) is 18.2 Å². The number of aliphatic hydroxyl groups excluding tert-OH is 1. The van der Waals surface area contributed by atoms with Crippen molar-refractivity contribution in [2.24, 2.45) is 5.73 Å². The second kappa shape index (κ2) is 9.83. The molecular formula is C14H22N2O2S.